The zero-order valence-electron chi connectivity index (χ0n) is 16.4. The summed E-state index contributed by atoms with van der Waals surface area (Å²) in [6.45, 7) is 2.90. The molecule has 3 N–H and O–H groups in total. The van der Waals surface area contributed by atoms with Gasteiger partial charge in [-0.1, -0.05) is 36.4 Å². The zero-order chi connectivity index (χ0) is 20.8. The van der Waals surface area contributed by atoms with Crippen LogP contribution in [0.3, 0.4) is 0 Å². The van der Waals surface area contributed by atoms with Crippen molar-refractivity contribution < 1.29 is 19.5 Å². The maximum Gasteiger partial charge on any atom is 0.335 e. The minimum Gasteiger partial charge on any atom is -0.478 e. The van der Waals surface area contributed by atoms with E-state index in [2.05, 4.69) is 10.6 Å². The summed E-state index contributed by atoms with van der Waals surface area (Å²) in [6, 6.07) is 14.3. The van der Waals surface area contributed by atoms with Gasteiger partial charge in [-0.05, 0) is 42.0 Å². The van der Waals surface area contributed by atoms with E-state index in [-0.39, 0.29) is 17.9 Å². The summed E-state index contributed by atoms with van der Waals surface area (Å²) in [7, 11) is 0. The Balaban J connectivity index is 1.56. The Labute approximate surface area is 169 Å². The van der Waals surface area contributed by atoms with Crippen LogP contribution in [0.1, 0.15) is 47.2 Å². The third-order valence-corrected chi connectivity index (χ3v) is 5.17. The number of amides is 3. The monoisotopic (exact) mass is 395 g/mol. The third kappa shape index (κ3) is 5.13. The summed E-state index contributed by atoms with van der Waals surface area (Å²) in [4.78, 5) is 37.1. The number of aromatic carboxylic acids is 1. The number of hydrogen-bond acceptors (Lipinski definition) is 3. The minimum absolute atomic E-state index is 0.131. The molecule has 7 nitrogen and oxygen atoms in total. The number of carbonyl (C=O) groups is 3. The molecule has 0 bridgehead atoms. The van der Waals surface area contributed by atoms with Gasteiger partial charge in [0.05, 0.1) is 5.56 Å². The van der Waals surface area contributed by atoms with Gasteiger partial charge in [-0.2, -0.15) is 0 Å². The van der Waals surface area contributed by atoms with Crippen LogP contribution in [0.2, 0.25) is 0 Å². The van der Waals surface area contributed by atoms with Crippen molar-refractivity contribution in [3.05, 3.63) is 65.2 Å². The van der Waals surface area contributed by atoms with Gasteiger partial charge >= 0.3 is 12.0 Å². The Hall–Kier alpha value is -3.35. The SMILES string of the molecule is CC(=O)Nc1ccccc1CNC(=O)N1CCC(c2ccccc2C(=O)O)CC1. The standard InChI is InChI=1S/C22H25N3O4/c1-15(26)24-20-9-5-2-6-17(20)14-23-22(29)25-12-10-16(11-13-25)18-7-3-4-8-19(18)21(27)28/h2-9,16H,10-14H2,1H3,(H,23,29)(H,24,26)(H,27,28). The molecule has 29 heavy (non-hydrogen) atoms. The maximum atomic E-state index is 12.6. The van der Waals surface area contributed by atoms with Gasteiger partial charge in [0, 0.05) is 32.2 Å². The number of para-hydroxylation sites is 1. The van der Waals surface area contributed by atoms with Crippen LogP contribution >= 0.6 is 0 Å². The molecule has 152 valence electrons. The summed E-state index contributed by atoms with van der Waals surface area (Å²) in [5, 5.41) is 15.1. The van der Waals surface area contributed by atoms with Crippen LogP contribution in [0, 0.1) is 0 Å². The lowest BCUT2D eigenvalue weighted by Gasteiger charge is -2.32. The lowest BCUT2D eigenvalue weighted by atomic mass is 9.86. The minimum atomic E-state index is -0.918. The van der Waals surface area contributed by atoms with Crippen LogP contribution in [0.5, 0.6) is 0 Å². The summed E-state index contributed by atoms with van der Waals surface area (Å²) in [6.07, 6.45) is 1.44. The van der Waals surface area contributed by atoms with E-state index in [1.165, 1.54) is 6.92 Å². The number of benzene rings is 2. The Morgan fingerprint density at radius 2 is 1.69 bits per heavy atom. The first-order chi connectivity index (χ1) is 14.0. The lowest BCUT2D eigenvalue weighted by Crippen LogP contribution is -2.44. The van der Waals surface area contributed by atoms with E-state index < -0.39 is 5.97 Å². The van der Waals surface area contributed by atoms with Crippen molar-refractivity contribution >= 4 is 23.6 Å². The van der Waals surface area contributed by atoms with Crippen LogP contribution < -0.4 is 10.6 Å². The predicted molar refractivity (Wildman–Crippen MR) is 110 cm³/mol. The number of likely N-dealkylation sites (tertiary alicyclic amines) is 1. The van der Waals surface area contributed by atoms with Crippen LogP contribution in [-0.2, 0) is 11.3 Å². The first-order valence-corrected chi connectivity index (χ1v) is 9.66. The van der Waals surface area contributed by atoms with E-state index in [1.807, 2.05) is 30.3 Å². The number of piperidine rings is 1. The molecule has 0 spiro atoms. The van der Waals surface area contributed by atoms with Crippen molar-refractivity contribution in [2.24, 2.45) is 0 Å². The normalized spacial score (nSPS) is 14.3. The molecule has 1 aliphatic heterocycles. The van der Waals surface area contributed by atoms with Crippen molar-refractivity contribution in [1.82, 2.24) is 10.2 Å². The van der Waals surface area contributed by atoms with Crippen LogP contribution in [0.25, 0.3) is 0 Å². The first kappa shape index (κ1) is 20.4. The molecule has 1 saturated heterocycles. The highest BCUT2D eigenvalue weighted by molar-refractivity contribution is 5.90. The molecule has 2 aromatic rings. The van der Waals surface area contributed by atoms with Crippen LogP contribution in [0.15, 0.2) is 48.5 Å². The quantitative estimate of drug-likeness (QED) is 0.722. The van der Waals surface area contributed by atoms with E-state index in [0.717, 1.165) is 24.0 Å². The molecule has 0 radical (unpaired) electrons. The van der Waals surface area contributed by atoms with E-state index >= 15 is 0 Å². The molecule has 0 atom stereocenters. The van der Waals surface area contributed by atoms with E-state index in [0.29, 0.717) is 30.9 Å². The van der Waals surface area contributed by atoms with E-state index in [9.17, 15) is 19.5 Å². The highest BCUT2D eigenvalue weighted by atomic mass is 16.4. The molecule has 2 aromatic carbocycles. The molecule has 1 heterocycles. The summed E-state index contributed by atoms with van der Waals surface area (Å²) in [5.41, 5.74) is 2.69. The smallest absolute Gasteiger partial charge is 0.335 e. The average molecular weight is 395 g/mol. The summed E-state index contributed by atoms with van der Waals surface area (Å²) >= 11 is 0. The summed E-state index contributed by atoms with van der Waals surface area (Å²) < 4.78 is 0. The topological polar surface area (TPSA) is 98.7 Å². The molecule has 0 aliphatic carbocycles. The van der Waals surface area contributed by atoms with Crippen molar-refractivity contribution in [3.63, 3.8) is 0 Å². The first-order valence-electron chi connectivity index (χ1n) is 9.66. The molecule has 0 aromatic heterocycles. The largest absolute Gasteiger partial charge is 0.478 e. The number of urea groups is 1. The van der Waals surface area contributed by atoms with Gasteiger partial charge in [0.25, 0.3) is 0 Å². The van der Waals surface area contributed by atoms with Gasteiger partial charge < -0.3 is 20.6 Å². The second-order valence-electron chi connectivity index (χ2n) is 7.15. The molecule has 0 unspecified atom stereocenters. The fraction of sp³-hybridized carbons (Fsp3) is 0.318. The van der Waals surface area contributed by atoms with Gasteiger partial charge in [-0.25, -0.2) is 9.59 Å². The molecule has 1 aliphatic rings. The highest BCUT2D eigenvalue weighted by Gasteiger charge is 2.26. The van der Waals surface area contributed by atoms with Crippen molar-refractivity contribution in [3.8, 4) is 0 Å². The molecule has 7 heteroatoms. The lowest BCUT2D eigenvalue weighted by molar-refractivity contribution is -0.114. The van der Waals surface area contributed by atoms with Crippen LogP contribution in [0.4, 0.5) is 10.5 Å². The number of carboxylic acid groups (broad SMARTS) is 1. The molecular weight excluding hydrogens is 370 g/mol. The number of carboxylic acids is 1. The van der Waals surface area contributed by atoms with Gasteiger partial charge in [0.1, 0.15) is 0 Å². The van der Waals surface area contributed by atoms with Gasteiger partial charge in [0.2, 0.25) is 5.91 Å². The zero-order valence-corrected chi connectivity index (χ0v) is 16.4. The Kier molecular flexibility index (Phi) is 6.49. The van der Waals surface area contributed by atoms with Gasteiger partial charge in [-0.3, -0.25) is 4.79 Å². The molecule has 3 rings (SSSR count). The maximum absolute atomic E-state index is 12.6. The number of nitrogens with zero attached hydrogens (tertiary/aromatic N) is 1. The average Bonchev–Trinajstić information content (AvgIpc) is 2.72. The van der Waals surface area contributed by atoms with E-state index in [4.69, 9.17) is 0 Å². The van der Waals surface area contributed by atoms with Gasteiger partial charge in [-0.15, -0.1) is 0 Å². The fourth-order valence-corrected chi connectivity index (χ4v) is 3.71. The Morgan fingerprint density at radius 1 is 1.03 bits per heavy atom. The predicted octanol–water partition coefficient (Wildman–Crippen LogP) is 3.43. The number of carbonyl (C=O) groups excluding carboxylic acids is 2. The second-order valence-corrected chi connectivity index (χ2v) is 7.15. The third-order valence-electron chi connectivity index (χ3n) is 5.17. The van der Waals surface area contributed by atoms with Crippen molar-refractivity contribution in [1.29, 1.82) is 0 Å². The number of rotatable bonds is 5. The number of hydrogen-bond donors (Lipinski definition) is 3. The Morgan fingerprint density at radius 3 is 2.38 bits per heavy atom. The van der Waals surface area contributed by atoms with Crippen LogP contribution in [-0.4, -0.2) is 41.0 Å². The van der Waals surface area contributed by atoms with E-state index in [1.54, 1.807) is 23.1 Å². The molecular formula is C22H25N3O4. The van der Waals surface area contributed by atoms with Crippen molar-refractivity contribution in [2.75, 3.05) is 18.4 Å². The number of nitrogens with one attached hydrogen (secondary N) is 2. The fourth-order valence-electron chi connectivity index (χ4n) is 3.71. The molecule has 1 fully saturated rings. The van der Waals surface area contributed by atoms with Gasteiger partial charge in [0.15, 0.2) is 0 Å². The molecule has 3 amide bonds. The Bertz CT molecular complexity index is 904. The number of anilines is 1. The summed E-state index contributed by atoms with van der Waals surface area (Å²) in [5.74, 6) is -0.946. The highest BCUT2D eigenvalue weighted by Crippen LogP contribution is 2.30. The van der Waals surface area contributed by atoms with Crippen molar-refractivity contribution in [2.45, 2.75) is 32.2 Å². The second kappa shape index (κ2) is 9.23. The molecule has 0 saturated carbocycles.